The van der Waals surface area contributed by atoms with Crippen LogP contribution in [0.1, 0.15) is 65.2 Å². The number of fused-ring (bicyclic) bond motifs is 1. The molecule has 9 nitrogen and oxygen atoms in total. The molecule has 2 aromatic heterocycles. The van der Waals surface area contributed by atoms with Gasteiger partial charge in [-0.2, -0.15) is 4.31 Å². The number of hydrogen-bond acceptors (Lipinski definition) is 6. The molecule has 0 radical (unpaired) electrons. The fourth-order valence-corrected chi connectivity index (χ4v) is 5.84. The number of carbonyl (C=O) groups excluding carboxylic acids is 1. The quantitative estimate of drug-likeness (QED) is 0.174. The van der Waals surface area contributed by atoms with Gasteiger partial charge < -0.3 is 14.6 Å². The predicted octanol–water partition coefficient (Wildman–Crippen LogP) is 4.44. The van der Waals surface area contributed by atoms with Gasteiger partial charge in [0.15, 0.2) is 7.37 Å². The Bertz CT molecular complexity index is 1400. The topological polar surface area (TPSA) is 130 Å². The summed E-state index contributed by atoms with van der Waals surface area (Å²) in [6.07, 6.45) is 4.02. The normalized spacial score (nSPS) is 15.4. The molecule has 0 aliphatic heterocycles. The van der Waals surface area contributed by atoms with E-state index in [0.29, 0.717) is 53.9 Å². The van der Waals surface area contributed by atoms with Crippen LogP contribution in [0.15, 0.2) is 34.7 Å². The minimum atomic E-state index is -3.06. The fraction of sp³-hybridized carbons (Fsp3) is 0.462. The van der Waals surface area contributed by atoms with Gasteiger partial charge in [0.05, 0.1) is 23.2 Å². The number of unbranched alkanes of at least 4 members (excludes halogenated alkanes) is 2. The lowest BCUT2D eigenvalue weighted by atomic mass is 10.0. The van der Waals surface area contributed by atoms with Crippen molar-refractivity contribution in [1.82, 2.24) is 14.6 Å². The van der Waals surface area contributed by atoms with E-state index in [1.54, 1.807) is 7.05 Å². The summed E-state index contributed by atoms with van der Waals surface area (Å²) in [7, 11) is -4.32. The number of nitrogens with one attached hydrogen (secondary N) is 1. The van der Waals surface area contributed by atoms with E-state index in [1.807, 2.05) is 37.3 Å². The number of nitrogens with zero attached hydrogens (tertiary/aromatic N) is 2. The molecule has 1 aliphatic rings. The number of carbonyl (C=O) groups is 1. The Morgan fingerprint density at radius 3 is 2.51 bits per heavy atom. The third-order valence-corrected chi connectivity index (χ3v) is 8.58. The van der Waals surface area contributed by atoms with Crippen LogP contribution in [-0.4, -0.2) is 54.9 Å². The number of hydrogen-bond donors (Lipinski definition) is 3. The number of rotatable bonds is 12. The van der Waals surface area contributed by atoms with E-state index in [4.69, 9.17) is 9.40 Å². The van der Waals surface area contributed by atoms with Crippen molar-refractivity contribution in [2.45, 2.75) is 51.5 Å². The van der Waals surface area contributed by atoms with Gasteiger partial charge in [0.1, 0.15) is 5.76 Å². The second kappa shape index (κ2) is 11.5. The number of amides is 1. The van der Waals surface area contributed by atoms with Crippen molar-refractivity contribution in [3.63, 3.8) is 0 Å². The monoisotopic (exact) mass is 547 g/mol. The van der Waals surface area contributed by atoms with Crippen LogP contribution in [0.2, 0.25) is 0 Å². The minimum absolute atomic E-state index is 0.114. The van der Waals surface area contributed by atoms with Crippen molar-refractivity contribution in [2.24, 2.45) is 0 Å². The summed E-state index contributed by atoms with van der Waals surface area (Å²) in [5, 5.41) is 3.32. The maximum absolute atomic E-state index is 12.9. The Morgan fingerprint density at radius 1 is 1.22 bits per heavy atom. The summed E-state index contributed by atoms with van der Waals surface area (Å²) in [6.45, 7) is 3.74. The molecule has 37 heavy (non-hydrogen) atoms. The van der Waals surface area contributed by atoms with Crippen LogP contribution in [0.4, 0.5) is 0 Å². The van der Waals surface area contributed by atoms with Crippen LogP contribution in [0, 0.1) is 6.92 Å². The van der Waals surface area contributed by atoms with E-state index in [9.17, 15) is 22.7 Å². The predicted molar refractivity (Wildman–Crippen MR) is 145 cm³/mol. The molecule has 0 spiro atoms. The third-order valence-electron chi connectivity index (χ3n) is 6.63. The molecule has 3 aromatic rings. The van der Waals surface area contributed by atoms with Crippen LogP contribution < -0.4 is 5.32 Å². The zero-order chi connectivity index (χ0) is 26.7. The van der Waals surface area contributed by atoms with Crippen molar-refractivity contribution in [1.29, 1.82) is 0 Å². The van der Waals surface area contributed by atoms with Gasteiger partial charge in [0.2, 0.25) is 16.6 Å². The lowest BCUT2D eigenvalue weighted by molar-refractivity contribution is 0.0964. The summed E-state index contributed by atoms with van der Waals surface area (Å²) in [5.41, 5.74) is 4.16. The first-order valence-electron chi connectivity index (χ1n) is 12.5. The molecule has 1 atom stereocenters. The molecule has 1 unspecified atom stereocenters. The van der Waals surface area contributed by atoms with Crippen LogP contribution in [-0.2, 0) is 22.0 Å². The van der Waals surface area contributed by atoms with E-state index >= 15 is 0 Å². The van der Waals surface area contributed by atoms with Crippen molar-refractivity contribution in [3.8, 4) is 11.3 Å². The maximum Gasteiger partial charge on any atom is 0.255 e. The molecule has 11 heteroatoms. The lowest BCUT2D eigenvalue weighted by Gasteiger charge is -2.17. The molecule has 0 bridgehead atoms. The first-order chi connectivity index (χ1) is 17.6. The van der Waals surface area contributed by atoms with Gasteiger partial charge in [-0.1, -0.05) is 36.2 Å². The summed E-state index contributed by atoms with van der Waals surface area (Å²) in [4.78, 5) is 27.1. The number of thiol groups is 1. The Morgan fingerprint density at radius 2 is 1.92 bits per heavy atom. The Balaban J connectivity index is 1.66. The summed E-state index contributed by atoms with van der Waals surface area (Å²) < 4.78 is 43.1. The van der Waals surface area contributed by atoms with E-state index in [-0.39, 0.29) is 24.5 Å². The first kappa shape index (κ1) is 27.5. The minimum Gasteiger partial charge on any atom is -0.437 e. The summed E-state index contributed by atoms with van der Waals surface area (Å²) in [6, 6.07) is 9.65. The average molecular weight is 548 g/mol. The number of furan rings is 1. The van der Waals surface area contributed by atoms with Gasteiger partial charge in [-0.25, -0.2) is 13.4 Å². The molecule has 1 aromatic carbocycles. The smallest absolute Gasteiger partial charge is 0.255 e. The molecule has 2 heterocycles. The first-order valence-corrected chi connectivity index (χ1v) is 15.9. The molecule has 200 valence electrons. The largest absolute Gasteiger partial charge is 0.437 e. The Labute approximate surface area is 218 Å². The van der Waals surface area contributed by atoms with E-state index in [0.717, 1.165) is 29.5 Å². The number of pyridine rings is 1. The standard InChI is InChI=1S/C26H34N3O6PS/c1-17-7-9-19(10-8-17)24-23(25(30)27-2)21-15-20(18-11-12-18)22(28-26(21)35-24)16-29(37(33)34)13-5-4-6-14-36(3,31)32/h7-10,15,18,37H,4-6,11-14,16H2,1-3H3,(H,27,30)(H,31,32). The molecule has 1 saturated carbocycles. The second-order valence-corrected chi connectivity index (χ2v) is 13.5. The van der Waals surface area contributed by atoms with Gasteiger partial charge in [-0.15, -0.1) is 0 Å². The molecule has 2 N–H and O–H groups in total. The highest BCUT2D eigenvalue weighted by Crippen LogP contribution is 2.44. The van der Waals surface area contributed by atoms with Crippen molar-refractivity contribution >= 4 is 35.3 Å². The maximum atomic E-state index is 12.9. The molecule has 1 fully saturated rings. The van der Waals surface area contributed by atoms with Gasteiger partial charge >= 0.3 is 0 Å². The van der Waals surface area contributed by atoms with Crippen LogP contribution in [0.3, 0.4) is 0 Å². The second-order valence-electron chi connectivity index (χ2n) is 9.86. The summed E-state index contributed by atoms with van der Waals surface area (Å²) >= 11 is 0. The van der Waals surface area contributed by atoms with Gasteiger partial charge in [0, 0.05) is 32.0 Å². The van der Waals surface area contributed by atoms with Crippen LogP contribution in [0.5, 0.6) is 0 Å². The highest BCUT2D eigenvalue weighted by molar-refractivity contribution is 7.69. The van der Waals surface area contributed by atoms with E-state index in [2.05, 4.69) is 5.32 Å². The zero-order valence-electron chi connectivity index (χ0n) is 21.4. The van der Waals surface area contributed by atoms with E-state index < -0.39 is 18.3 Å². The Hall–Kier alpha value is -2.52. The SMILES string of the molecule is CNC(=O)c1c(-c2ccc(C)cc2)oc2nc(CN(CCCCCP(C)(=O)O)[SH](=O)=O)c(C3CC3)cc12. The lowest BCUT2D eigenvalue weighted by Crippen LogP contribution is -2.24. The highest BCUT2D eigenvalue weighted by atomic mass is 32.2. The molecular formula is C26H34N3O6PS. The third kappa shape index (κ3) is 6.87. The molecule has 1 amide bonds. The van der Waals surface area contributed by atoms with Crippen LogP contribution in [0.25, 0.3) is 22.4 Å². The van der Waals surface area contributed by atoms with Crippen molar-refractivity contribution in [3.05, 3.63) is 52.7 Å². The molecular weight excluding hydrogens is 513 g/mol. The fourth-order valence-electron chi connectivity index (χ4n) is 4.48. The van der Waals surface area contributed by atoms with Crippen molar-refractivity contribution in [2.75, 3.05) is 26.4 Å². The highest BCUT2D eigenvalue weighted by Gasteiger charge is 2.31. The van der Waals surface area contributed by atoms with Crippen LogP contribution >= 0.6 is 7.37 Å². The van der Waals surface area contributed by atoms with Gasteiger partial charge in [-0.05, 0) is 50.2 Å². The zero-order valence-corrected chi connectivity index (χ0v) is 23.2. The van der Waals surface area contributed by atoms with Crippen molar-refractivity contribution < 1.29 is 27.1 Å². The molecule has 4 rings (SSSR count). The Kier molecular flexibility index (Phi) is 8.53. The summed E-state index contributed by atoms with van der Waals surface area (Å²) in [5.74, 6) is 0.441. The molecule has 1 aliphatic carbocycles. The number of aryl methyl sites for hydroxylation is 1. The van der Waals surface area contributed by atoms with Gasteiger partial charge in [0.25, 0.3) is 5.91 Å². The number of aromatic nitrogens is 1. The number of benzene rings is 1. The van der Waals surface area contributed by atoms with E-state index in [1.165, 1.54) is 11.0 Å². The molecule has 0 saturated heterocycles. The van der Waals surface area contributed by atoms with Gasteiger partial charge in [-0.3, -0.25) is 9.36 Å². The average Bonchev–Trinajstić information content (AvgIpc) is 3.62.